The van der Waals surface area contributed by atoms with Gasteiger partial charge in [-0.3, -0.25) is 4.79 Å². The average Bonchev–Trinajstić information content (AvgIpc) is 2.86. The van der Waals surface area contributed by atoms with Gasteiger partial charge in [-0.2, -0.15) is 0 Å². The van der Waals surface area contributed by atoms with Crippen LogP contribution in [-0.4, -0.2) is 16.0 Å². The van der Waals surface area contributed by atoms with Crippen molar-refractivity contribution in [1.82, 2.24) is 0 Å². The van der Waals surface area contributed by atoms with E-state index in [1.165, 1.54) is 12.1 Å². The van der Waals surface area contributed by atoms with Gasteiger partial charge in [0.25, 0.3) is 5.79 Å². The summed E-state index contributed by atoms with van der Waals surface area (Å²) in [5, 5.41) is 22.3. The maximum absolute atomic E-state index is 12.9. The third-order valence-corrected chi connectivity index (χ3v) is 4.97. The van der Waals surface area contributed by atoms with E-state index in [0.717, 1.165) is 5.56 Å². The van der Waals surface area contributed by atoms with Gasteiger partial charge < -0.3 is 26.4 Å². The molecule has 1 aliphatic carbocycles. The number of fused-ring (bicyclic) bond motifs is 5. The van der Waals surface area contributed by atoms with Crippen molar-refractivity contribution < 1.29 is 19.7 Å². The second-order valence-corrected chi connectivity index (χ2v) is 6.69. The van der Waals surface area contributed by atoms with Crippen molar-refractivity contribution >= 4 is 17.2 Å². The molecule has 2 aliphatic rings. The fraction of sp³-hybridized carbons (Fsp3) is 0.278. The number of rotatable bonds is 1. The molecule has 24 heavy (non-hydrogen) atoms. The van der Waals surface area contributed by atoms with Crippen molar-refractivity contribution in [2.24, 2.45) is 0 Å². The van der Waals surface area contributed by atoms with Crippen LogP contribution >= 0.6 is 0 Å². The summed E-state index contributed by atoms with van der Waals surface area (Å²) in [5.41, 5.74) is 11.1. The number of carbonyl (C=O) groups is 1. The minimum absolute atomic E-state index is 0.0126. The van der Waals surface area contributed by atoms with Crippen LogP contribution in [0.2, 0.25) is 0 Å². The van der Waals surface area contributed by atoms with E-state index in [1.807, 2.05) is 13.8 Å². The number of anilines is 2. The summed E-state index contributed by atoms with van der Waals surface area (Å²) in [6.07, 6.45) is 0. The van der Waals surface area contributed by atoms with Gasteiger partial charge in [0.1, 0.15) is 5.75 Å². The summed E-state index contributed by atoms with van der Waals surface area (Å²) in [4.78, 5) is 12.9. The number of hydrogen-bond donors (Lipinski definition) is 4. The van der Waals surface area contributed by atoms with Crippen LogP contribution in [0.5, 0.6) is 5.75 Å². The van der Waals surface area contributed by atoms with Gasteiger partial charge in [0.05, 0.1) is 11.1 Å². The highest BCUT2D eigenvalue weighted by Gasteiger charge is 2.71. The van der Waals surface area contributed by atoms with Gasteiger partial charge in [-0.25, -0.2) is 0 Å². The van der Waals surface area contributed by atoms with E-state index < -0.39 is 17.2 Å². The first-order chi connectivity index (χ1) is 11.2. The summed E-state index contributed by atoms with van der Waals surface area (Å²) in [6.45, 7) is 4.03. The quantitative estimate of drug-likeness (QED) is 0.591. The number of hydrogen-bond acceptors (Lipinski definition) is 6. The molecule has 6 nitrogen and oxygen atoms in total. The lowest BCUT2D eigenvalue weighted by atomic mass is 9.86. The van der Waals surface area contributed by atoms with E-state index in [1.54, 1.807) is 18.2 Å². The molecule has 0 saturated heterocycles. The van der Waals surface area contributed by atoms with Crippen molar-refractivity contribution in [3.63, 3.8) is 0 Å². The van der Waals surface area contributed by atoms with Gasteiger partial charge in [-0.1, -0.05) is 26.0 Å². The van der Waals surface area contributed by atoms with Crippen molar-refractivity contribution in [1.29, 1.82) is 0 Å². The first kappa shape index (κ1) is 15.0. The Morgan fingerprint density at radius 2 is 1.75 bits per heavy atom. The zero-order valence-corrected chi connectivity index (χ0v) is 13.3. The summed E-state index contributed by atoms with van der Waals surface area (Å²) >= 11 is 0. The Balaban J connectivity index is 2.01. The summed E-state index contributed by atoms with van der Waals surface area (Å²) in [7, 11) is 0. The van der Waals surface area contributed by atoms with E-state index in [-0.39, 0.29) is 39.7 Å². The monoisotopic (exact) mass is 326 g/mol. The molecule has 2 aromatic rings. The molecule has 2 atom stereocenters. The van der Waals surface area contributed by atoms with Crippen LogP contribution in [0.3, 0.4) is 0 Å². The number of carbonyl (C=O) groups excluding carboxylic acids is 1. The summed E-state index contributed by atoms with van der Waals surface area (Å²) in [6, 6.07) is 8.10. The van der Waals surface area contributed by atoms with Gasteiger partial charge in [-0.15, -0.1) is 0 Å². The van der Waals surface area contributed by atoms with Gasteiger partial charge >= 0.3 is 0 Å². The largest absolute Gasteiger partial charge is 0.454 e. The number of ether oxygens (including phenoxy) is 1. The normalized spacial score (nSPS) is 27.0. The maximum atomic E-state index is 12.9. The SMILES string of the molecule is CC(C)c1ccc2c(c1)OC1(O)c3c(N)ccc(N)c3C(=O)C21O. The number of Topliss-reactive ketones (excluding diaryl/α,β-unsaturated/α-hetero) is 1. The lowest BCUT2D eigenvalue weighted by Gasteiger charge is -2.29. The second-order valence-electron chi connectivity index (χ2n) is 6.69. The Labute approximate surface area is 138 Å². The molecule has 2 unspecified atom stereocenters. The molecule has 0 fully saturated rings. The molecule has 1 aliphatic heterocycles. The van der Waals surface area contributed by atoms with Crippen LogP contribution in [0.1, 0.15) is 46.8 Å². The highest BCUT2D eigenvalue weighted by molar-refractivity contribution is 6.14. The molecule has 0 radical (unpaired) electrons. The number of benzene rings is 2. The lowest BCUT2D eigenvalue weighted by Crippen LogP contribution is -2.48. The zero-order valence-electron chi connectivity index (χ0n) is 13.3. The Morgan fingerprint density at radius 1 is 1.08 bits per heavy atom. The molecule has 0 saturated carbocycles. The zero-order chi connectivity index (χ0) is 17.4. The molecule has 6 N–H and O–H groups in total. The number of ketones is 1. The Bertz CT molecular complexity index is 908. The summed E-state index contributed by atoms with van der Waals surface area (Å²) in [5.74, 6) is -2.49. The van der Waals surface area contributed by atoms with E-state index in [2.05, 4.69) is 0 Å². The molecule has 0 spiro atoms. The Kier molecular flexibility index (Phi) is 2.68. The predicted octanol–water partition coefficient (Wildman–Crippen LogP) is 1.60. The highest BCUT2D eigenvalue weighted by atomic mass is 16.7. The van der Waals surface area contributed by atoms with Crippen LogP contribution in [-0.2, 0) is 11.4 Å². The summed E-state index contributed by atoms with van der Waals surface area (Å²) < 4.78 is 5.69. The Morgan fingerprint density at radius 3 is 2.42 bits per heavy atom. The van der Waals surface area contributed by atoms with E-state index >= 15 is 0 Å². The second kappa shape index (κ2) is 4.28. The molecular formula is C18H18N2O4. The topological polar surface area (TPSA) is 119 Å². The van der Waals surface area contributed by atoms with Gasteiger partial charge in [0, 0.05) is 16.9 Å². The third-order valence-electron chi connectivity index (χ3n) is 4.97. The minimum atomic E-state index is -2.28. The molecule has 0 aromatic heterocycles. The van der Waals surface area contributed by atoms with Gasteiger partial charge in [0.15, 0.2) is 0 Å². The van der Waals surface area contributed by atoms with E-state index in [4.69, 9.17) is 16.2 Å². The van der Waals surface area contributed by atoms with Crippen LogP contribution in [0.15, 0.2) is 30.3 Å². The van der Waals surface area contributed by atoms with Crippen LogP contribution in [0.4, 0.5) is 11.4 Å². The molecule has 0 amide bonds. The molecule has 0 bridgehead atoms. The van der Waals surface area contributed by atoms with Crippen LogP contribution in [0, 0.1) is 0 Å². The fourth-order valence-corrected chi connectivity index (χ4v) is 3.63. The molecule has 1 heterocycles. The number of nitrogens with two attached hydrogens (primary N) is 2. The highest BCUT2D eigenvalue weighted by Crippen LogP contribution is 2.60. The molecule has 6 heteroatoms. The van der Waals surface area contributed by atoms with Crippen molar-refractivity contribution in [3.8, 4) is 5.75 Å². The molecule has 4 rings (SSSR count). The van der Waals surface area contributed by atoms with Crippen LogP contribution < -0.4 is 16.2 Å². The number of aliphatic hydroxyl groups is 2. The first-order valence-corrected chi connectivity index (χ1v) is 7.73. The molecule has 124 valence electrons. The van der Waals surface area contributed by atoms with E-state index in [0.29, 0.717) is 0 Å². The van der Waals surface area contributed by atoms with Gasteiger partial charge in [-0.05, 0) is 29.7 Å². The Hall–Kier alpha value is -2.57. The fourth-order valence-electron chi connectivity index (χ4n) is 3.63. The van der Waals surface area contributed by atoms with Crippen molar-refractivity contribution in [3.05, 3.63) is 52.6 Å². The standard InChI is InChI=1S/C18H18N2O4/c1-8(2)9-3-4-10-13(7-9)24-18(23)15-12(20)6-5-11(19)14(15)16(21)17(10,18)22/h3-8,22-23H,19-20H2,1-2H3. The average molecular weight is 326 g/mol. The molecule has 2 aromatic carbocycles. The van der Waals surface area contributed by atoms with Gasteiger partial charge in [0.2, 0.25) is 11.4 Å². The maximum Gasteiger partial charge on any atom is 0.278 e. The van der Waals surface area contributed by atoms with Crippen molar-refractivity contribution in [2.45, 2.75) is 31.2 Å². The third kappa shape index (κ3) is 1.45. The number of nitrogen functional groups attached to an aromatic ring is 2. The van der Waals surface area contributed by atoms with Crippen molar-refractivity contribution in [2.75, 3.05) is 11.5 Å². The predicted molar refractivity (Wildman–Crippen MR) is 88.5 cm³/mol. The smallest absolute Gasteiger partial charge is 0.278 e. The minimum Gasteiger partial charge on any atom is -0.454 e. The first-order valence-electron chi connectivity index (χ1n) is 7.73. The molecular weight excluding hydrogens is 308 g/mol. The lowest BCUT2D eigenvalue weighted by molar-refractivity contribution is -0.224. The van der Waals surface area contributed by atoms with Crippen LogP contribution in [0.25, 0.3) is 0 Å². The van der Waals surface area contributed by atoms with E-state index in [9.17, 15) is 15.0 Å².